The van der Waals surface area contributed by atoms with Crippen LogP contribution in [0.25, 0.3) is 0 Å². The van der Waals surface area contributed by atoms with Crippen molar-refractivity contribution in [3.05, 3.63) is 65.7 Å². The summed E-state index contributed by atoms with van der Waals surface area (Å²) in [6, 6.07) is 11.4. The predicted molar refractivity (Wildman–Crippen MR) is 72.4 cm³/mol. The molecule has 0 N–H and O–H groups in total. The number of Topliss-reactive ketones (excluding diaryl/α,β-unsaturated/α-hetero) is 1. The van der Waals surface area contributed by atoms with Crippen LogP contribution in [0.15, 0.2) is 48.7 Å². The lowest BCUT2D eigenvalue weighted by molar-refractivity contribution is -0.689. The molecule has 0 saturated heterocycles. The highest BCUT2D eigenvalue weighted by atomic mass is 79.9. The van der Waals surface area contributed by atoms with Gasteiger partial charge in [0.2, 0.25) is 12.3 Å². The Morgan fingerprint density at radius 3 is 2.44 bits per heavy atom. The van der Waals surface area contributed by atoms with E-state index in [1.165, 1.54) is 24.3 Å². The van der Waals surface area contributed by atoms with Crippen LogP contribution >= 0.6 is 17.0 Å². The summed E-state index contributed by atoms with van der Waals surface area (Å²) in [4.78, 5) is 11.9. The van der Waals surface area contributed by atoms with E-state index in [-0.39, 0.29) is 35.1 Å². The van der Waals surface area contributed by atoms with Gasteiger partial charge >= 0.3 is 0 Å². The summed E-state index contributed by atoms with van der Waals surface area (Å²) < 4.78 is 14.6. The van der Waals surface area contributed by atoms with E-state index in [0.29, 0.717) is 5.56 Å². The van der Waals surface area contributed by atoms with Crippen molar-refractivity contribution in [2.24, 2.45) is 0 Å². The number of benzene rings is 1. The Labute approximate surface area is 116 Å². The molecule has 0 bridgehead atoms. The number of carbonyl (C=O) groups excluding carboxylic acids is 1. The van der Waals surface area contributed by atoms with Crippen LogP contribution in [0.5, 0.6) is 0 Å². The minimum absolute atomic E-state index is 0. The van der Waals surface area contributed by atoms with E-state index in [4.69, 9.17) is 0 Å². The zero-order valence-electron chi connectivity index (χ0n) is 9.97. The molecule has 1 heterocycles. The average Bonchev–Trinajstić information content (AvgIpc) is 2.33. The van der Waals surface area contributed by atoms with E-state index in [1.807, 2.05) is 35.9 Å². The summed E-state index contributed by atoms with van der Waals surface area (Å²) in [5.74, 6) is -0.352. The Kier molecular flexibility index (Phi) is 5.16. The van der Waals surface area contributed by atoms with Crippen molar-refractivity contribution in [3.8, 4) is 0 Å². The molecule has 18 heavy (non-hydrogen) atoms. The summed E-state index contributed by atoms with van der Waals surface area (Å²) in [6.07, 6.45) is 1.86. The Bertz CT molecular complexity index is 540. The third-order valence-corrected chi connectivity index (χ3v) is 2.65. The Morgan fingerprint density at radius 2 is 1.83 bits per heavy atom. The maximum Gasteiger partial charge on any atom is 0.227 e. The van der Waals surface area contributed by atoms with Crippen LogP contribution in [0.3, 0.4) is 0 Å². The lowest BCUT2D eigenvalue weighted by Crippen LogP contribution is -2.40. The van der Waals surface area contributed by atoms with E-state index in [0.717, 1.165) is 5.69 Å². The molecule has 0 amide bonds. The fourth-order valence-corrected chi connectivity index (χ4v) is 1.62. The van der Waals surface area contributed by atoms with Gasteiger partial charge in [-0.1, -0.05) is 6.07 Å². The number of nitrogens with zero attached hydrogens (tertiary/aromatic N) is 1. The molecule has 0 spiro atoms. The Hall–Kier alpha value is -1.55. The number of hydrogen-bond acceptors (Lipinski definition) is 1. The van der Waals surface area contributed by atoms with Crippen molar-refractivity contribution in [2.45, 2.75) is 13.5 Å². The predicted octanol–water partition coefficient (Wildman–Crippen LogP) is 2.88. The van der Waals surface area contributed by atoms with Gasteiger partial charge in [0, 0.05) is 24.6 Å². The standard InChI is InChI=1S/C14H13FNO.BrH/c1-11-4-2-3-9-16(11)10-14(17)12-5-7-13(15)8-6-12;/h2-9H,10H2,1H3;1H/q+1;. The van der Waals surface area contributed by atoms with Crippen LogP contribution in [-0.4, -0.2) is 5.78 Å². The molecule has 1 aromatic heterocycles. The second-order valence-electron chi connectivity index (χ2n) is 3.90. The summed E-state index contributed by atoms with van der Waals surface area (Å²) in [7, 11) is 0. The number of aromatic nitrogens is 1. The highest BCUT2D eigenvalue weighted by Crippen LogP contribution is 2.04. The van der Waals surface area contributed by atoms with Gasteiger partial charge in [-0.3, -0.25) is 4.79 Å². The van der Waals surface area contributed by atoms with Crippen LogP contribution in [0.1, 0.15) is 16.1 Å². The van der Waals surface area contributed by atoms with Crippen LogP contribution in [0.2, 0.25) is 0 Å². The first-order valence-corrected chi connectivity index (χ1v) is 5.40. The van der Waals surface area contributed by atoms with Gasteiger partial charge in [-0.15, -0.1) is 17.0 Å². The number of aryl methyl sites for hydroxylation is 1. The van der Waals surface area contributed by atoms with E-state index >= 15 is 0 Å². The molecule has 0 radical (unpaired) electrons. The molecule has 2 aromatic rings. The zero-order valence-corrected chi connectivity index (χ0v) is 11.7. The van der Waals surface area contributed by atoms with Crippen molar-refractivity contribution in [2.75, 3.05) is 0 Å². The first kappa shape index (κ1) is 14.5. The molecule has 0 aliphatic rings. The Balaban J connectivity index is 0.00000162. The van der Waals surface area contributed by atoms with Gasteiger partial charge < -0.3 is 0 Å². The highest BCUT2D eigenvalue weighted by molar-refractivity contribution is 8.93. The fourth-order valence-electron chi connectivity index (χ4n) is 1.62. The molecule has 0 saturated carbocycles. The van der Waals surface area contributed by atoms with Crippen molar-refractivity contribution >= 4 is 22.8 Å². The molecular formula is C14H14BrFNO+. The molecule has 2 nitrogen and oxygen atoms in total. The molecule has 0 fully saturated rings. The lowest BCUT2D eigenvalue weighted by atomic mass is 10.1. The average molecular weight is 311 g/mol. The minimum Gasteiger partial charge on any atom is -0.287 e. The maximum atomic E-state index is 12.7. The zero-order chi connectivity index (χ0) is 12.3. The molecule has 0 aliphatic heterocycles. The molecule has 0 aliphatic carbocycles. The van der Waals surface area contributed by atoms with Gasteiger partial charge in [-0.2, -0.15) is 4.57 Å². The fraction of sp³-hybridized carbons (Fsp3) is 0.143. The molecule has 1 aromatic carbocycles. The van der Waals surface area contributed by atoms with Gasteiger partial charge in [0.05, 0.1) is 0 Å². The van der Waals surface area contributed by atoms with Gasteiger partial charge in [0.1, 0.15) is 5.82 Å². The number of ketones is 1. The van der Waals surface area contributed by atoms with E-state index in [2.05, 4.69) is 0 Å². The molecule has 94 valence electrons. The van der Waals surface area contributed by atoms with Crippen molar-refractivity contribution in [1.29, 1.82) is 0 Å². The first-order chi connectivity index (χ1) is 8.16. The Morgan fingerprint density at radius 1 is 1.17 bits per heavy atom. The third kappa shape index (κ3) is 3.47. The summed E-state index contributed by atoms with van der Waals surface area (Å²) >= 11 is 0. The molecule has 0 unspecified atom stereocenters. The van der Waals surface area contributed by atoms with Crippen molar-refractivity contribution in [1.82, 2.24) is 0 Å². The first-order valence-electron chi connectivity index (χ1n) is 5.40. The smallest absolute Gasteiger partial charge is 0.227 e. The number of hydrogen-bond donors (Lipinski definition) is 0. The monoisotopic (exact) mass is 310 g/mol. The minimum atomic E-state index is -0.329. The van der Waals surface area contributed by atoms with Crippen LogP contribution < -0.4 is 4.57 Å². The van der Waals surface area contributed by atoms with Gasteiger partial charge in [0.15, 0.2) is 11.9 Å². The summed E-state index contributed by atoms with van der Waals surface area (Å²) in [6.45, 7) is 2.22. The number of carbonyl (C=O) groups is 1. The normalized spacial score (nSPS) is 9.67. The third-order valence-electron chi connectivity index (χ3n) is 2.65. The van der Waals surface area contributed by atoms with Crippen LogP contribution in [-0.2, 0) is 6.54 Å². The lowest BCUT2D eigenvalue weighted by Gasteiger charge is -2.00. The second-order valence-corrected chi connectivity index (χ2v) is 3.90. The van der Waals surface area contributed by atoms with E-state index in [1.54, 1.807) is 0 Å². The molecule has 4 heteroatoms. The topological polar surface area (TPSA) is 20.9 Å². The van der Waals surface area contributed by atoms with Crippen LogP contribution in [0.4, 0.5) is 4.39 Å². The van der Waals surface area contributed by atoms with E-state index < -0.39 is 0 Å². The molecule has 2 rings (SSSR count). The number of rotatable bonds is 3. The summed E-state index contributed by atoms with van der Waals surface area (Å²) in [5, 5.41) is 0. The van der Waals surface area contributed by atoms with E-state index in [9.17, 15) is 9.18 Å². The van der Waals surface area contributed by atoms with Crippen molar-refractivity contribution in [3.63, 3.8) is 0 Å². The van der Waals surface area contributed by atoms with Gasteiger partial charge in [-0.25, -0.2) is 4.39 Å². The second kappa shape index (κ2) is 6.40. The quantitative estimate of drug-likeness (QED) is 0.631. The maximum absolute atomic E-state index is 12.7. The van der Waals surface area contributed by atoms with Crippen molar-refractivity contribution < 1.29 is 13.8 Å². The van der Waals surface area contributed by atoms with Gasteiger partial charge in [0.25, 0.3) is 0 Å². The van der Waals surface area contributed by atoms with Gasteiger partial charge in [-0.05, 0) is 24.3 Å². The SMILES string of the molecule is Br.Cc1cccc[n+]1CC(=O)c1ccc(F)cc1. The molecular weight excluding hydrogens is 297 g/mol. The number of halogens is 2. The molecule has 0 atom stereocenters. The largest absolute Gasteiger partial charge is 0.287 e. The number of pyridine rings is 1. The summed E-state index contributed by atoms with van der Waals surface area (Å²) in [5.41, 5.74) is 1.55. The van der Waals surface area contributed by atoms with Crippen LogP contribution in [0, 0.1) is 12.7 Å². The highest BCUT2D eigenvalue weighted by Gasteiger charge is 2.13.